The first-order chi connectivity index (χ1) is 11.3. The van der Waals surface area contributed by atoms with Gasteiger partial charge >= 0.3 is 6.03 Å². The lowest BCUT2D eigenvalue weighted by molar-refractivity contribution is 0.111. The minimum atomic E-state index is -0.0875. The zero-order valence-corrected chi connectivity index (χ0v) is 13.2. The molecule has 2 aromatic carbocycles. The van der Waals surface area contributed by atoms with Crippen molar-refractivity contribution in [3.05, 3.63) is 66.2 Å². The summed E-state index contributed by atoms with van der Waals surface area (Å²) in [4.78, 5) is 14.4. The summed E-state index contributed by atoms with van der Waals surface area (Å²) in [6, 6.07) is 19.7. The summed E-state index contributed by atoms with van der Waals surface area (Å²) in [5.41, 5.74) is 1.99. The Hall–Kier alpha value is -2.33. The van der Waals surface area contributed by atoms with Gasteiger partial charge in [-0.05, 0) is 30.5 Å². The molecule has 1 aliphatic rings. The van der Waals surface area contributed by atoms with Crippen LogP contribution in [0.3, 0.4) is 0 Å². The van der Waals surface area contributed by atoms with Crippen LogP contribution in [0.4, 0.5) is 10.5 Å². The molecule has 4 heteroatoms. The van der Waals surface area contributed by atoms with Crippen molar-refractivity contribution in [1.29, 1.82) is 0 Å². The van der Waals surface area contributed by atoms with Crippen molar-refractivity contribution < 1.29 is 9.53 Å². The van der Waals surface area contributed by atoms with Crippen LogP contribution in [0.25, 0.3) is 0 Å². The summed E-state index contributed by atoms with van der Waals surface area (Å²) in [6.07, 6.45) is 2.24. The summed E-state index contributed by atoms with van der Waals surface area (Å²) >= 11 is 0. The molecule has 1 saturated heterocycles. The third kappa shape index (κ3) is 4.33. The monoisotopic (exact) mass is 310 g/mol. The fraction of sp³-hybridized carbons (Fsp3) is 0.316. The molecule has 1 fully saturated rings. The van der Waals surface area contributed by atoms with Gasteiger partial charge in [-0.1, -0.05) is 48.5 Å². The maximum absolute atomic E-state index is 12.7. The van der Waals surface area contributed by atoms with Gasteiger partial charge in [-0.15, -0.1) is 0 Å². The number of hydrogen-bond donors (Lipinski definition) is 1. The molecule has 23 heavy (non-hydrogen) atoms. The van der Waals surface area contributed by atoms with Crippen LogP contribution >= 0.6 is 0 Å². The molecule has 0 saturated carbocycles. The predicted octanol–water partition coefficient (Wildman–Crippen LogP) is 3.58. The third-order valence-electron chi connectivity index (χ3n) is 4.00. The first kappa shape index (κ1) is 15.6. The molecular formula is C19H22N2O2. The van der Waals surface area contributed by atoms with Gasteiger partial charge < -0.3 is 10.1 Å². The quantitative estimate of drug-likeness (QED) is 0.917. The van der Waals surface area contributed by atoms with E-state index in [-0.39, 0.29) is 12.1 Å². The zero-order valence-electron chi connectivity index (χ0n) is 13.2. The summed E-state index contributed by atoms with van der Waals surface area (Å²) in [6.45, 7) is 1.91. The molecular weight excluding hydrogens is 288 g/mol. The number of carbonyl (C=O) groups is 1. The minimum Gasteiger partial charge on any atom is -0.376 e. The van der Waals surface area contributed by atoms with E-state index < -0.39 is 0 Å². The van der Waals surface area contributed by atoms with Crippen molar-refractivity contribution >= 4 is 11.7 Å². The normalized spacial score (nSPS) is 17.0. The van der Waals surface area contributed by atoms with Crippen LogP contribution in [0.1, 0.15) is 18.4 Å². The van der Waals surface area contributed by atoms with Crippen LogP contribution in [0.2, 0.25) is 0 Å². The molecule has 2 aromatic rings. The highest BCUT2D eigenvalue weighted by Crippen LogP contribution is 2.17. The summed E-state index contributed by atoms with van der Waals surface area (Å²) in [5, 5.41) is 3.01. The molecule has 4 nitrogen and oxygen atoms in total. The molecule has 2 amide bonds. The zero-order chi connectivity index (χ0) is 15.9. The summed E-state index contributed by atoms with van der Waals surface area (Å²) in [7, 11) is 0. The van der Waals surface area contributed by atoms with Gasteiger partial charge in [0.2, 0.25) is 0 Å². The SMILES string of the molecule is O=C(NCC1CCCO1)N(Cc1ccccc1)c1ccccc1. The highest BCUT2D eigenvalue weighted by molar-refractivity contribution is 5.91. The van der Waals surface area contributed by atoms with E-state index in [4.69, 9.17) is 4.74 Å². The maximum Gasteiger partial charge on any atom is 0.322 e. The molecule has 0 radical (unpaired) electrons. The Balaban J connectivity index is 1.70. The number of amides is 2. The van der Waals surface area contributed by atoms with Gasteiger partial charge in [-0.3, -0.25) is 4.90 Å². The third-order valence-corrected chi connectivity index (χ3v) is 4.00. The summed E-state index contributed by atoms with van der Waals surface area (Å²) in [5.74, 6) is 0. The highest BCUT2D eigenvalue weighted by atomic mass is 16.5. The minimum absolute atomic E-state index is 0.0875. The molecule has 1 atom stereocenters. The highest BCUT2D eigenvalue weighted by Gasteiger charge is 2.20. The number of carbonyl (C=O) groups excluding carboxylic acids is 1. The average molecular weight is 310 g/mol. The standard InChI is InChI=1S/C19H22N2O2/c22-19(20-14-18-12-7-13-23-18)21(17-10-5-2-6-11-17)15-16-8-3-1-4-9-16/h1-6,8-11,18H,7,12-15H2,(H,20,22). The van der Waals surface area contributed by atoms with Crippen molar-refractivity contribution in [3.63, 3.8) is 0 Å². The Labute approximate surface area is 137 Å². The number of ether oxygens (including phenoxy) is 1. The molecule has 0 aromatic heterocycles. The number of benzene rings is 2. The van der Waals surface area contributed by atoms with Gasteiger partial charge in [-0.2, -0.15) is 0 Å². The molecule has 120 valence electrons. The maximum atomic E-state index is 12.7. The first-order valence-corrected chi connectivity index (χ1v) is 8.09. The van der Waals surface area contributed by atoms with Crippen LogP contribution in [0.15, 0.2) is 60.7 Å². The average Bonchev–Trinajstić information content (AvgIpc) is 3.13. The number of urea groups is 1. The lowest BCUT2D eigenvalue weighted by Gasteiger charge is -2.24. The van der Waals surface area contributed by atoms with E-state index in [0.717, 1.165) is 30.7 Å². The van der Waals surface area contributed by atoms with Gasteiger partial charge in [-0.25, -0.2) is 4.79 Å². The Morgan fingerprint density at radius 2 is 1.78 bits per heavy atom. The Kier molecular flexibility index (Phi) is 5.27. The van der Waals surface area contributed by atoms with E-state index in [1.165, 1.54) is 0 Å². The molecule has 1 heterocycles. The first-order valence-electron chi connectivity index (χ1n) is 8.09. The van der Waals surface area contributed by atoms with Gasteiger partial charge in [0.25, 0.3) is 0 Å². The van der Waals surface area contributed by atoms with Gasteiger partial charge in [0, 0.05) is 18.8 Å². The van der Waals surface area contributed by atoms with Crippen molar-refractivity contribution in [3.8, 4) is 0 Å². The van der Waals surface area contributed by atoms with E-state index in [2.05, 4.69) is 5.32 Å². The Morgan fingerprint density at radius 1 is 1.09 bits per heavy atom. The number of nitrogens with zero attached hydrogens (tertiary/aromatic N) is 1. The molecule has 0 aliphatic carbocycles. The Bertz CT molecular complexity index is 610. The smallest absolute Gasteiger partial charge is 0.322 e. The van der Waals surface area contributed by atoms with E-state index >= 15 is 0 Å². The van der Waals surface area contributed by atoms with E-state index in [9.17, 15) is 4.79 Å². The van der Waals surface area contributed by atoms with Gasteiger partial charge in [0.15, 0.2) is 0 Å². The van der Waals surface area contributed by atoms with Crippen LogP contribution in [0.5, 0.6) is 0 Å². The second-order valence-corrected chi connectivity index (χ2v) is 5.73. The number of hydrogen-bond acceptors (Lipinski definition) is 2. The van der Waals surface area contributed by atoms with Crippen molar-refractivity contribution in [2.45, 2.75) is 25.5 Å². The molecule has 1 N–H and O–H groups in total. The number of para-hydroxylation sites is 1. The largest absolute Gasteiger partial charge is 0.376 e. The fourth-order valence-electron chi connectivity index (χ4n) is 2.76. The topological polar surface area (TPSA) is 41.6 Å². The van der Waals surface area contributed by atoms with Crippen LogP contribution in [-0.4, -0.2) is 25.3 Å². The molecule has 0 bridgehead atoms. The van der Waals surface area contributed by atoms with E-state index in [0.29, 0.717) is 13.1 Å². The lowest BCUT2D eigenvalue weighted by atomic mass is 10.2. The molecule has 1 aliphatic heterocycles. The summed E-state index contributed by atoms with van der Waals surface area (Å²) < 4.78 is 5.57. The number of nitrogens with one attached hydrogen (secondary N) is 1. The van der Waals surface area contributed by atoms with Crippen molar-refractivity contribution in [2.75, 3.05) is 18.1 Å². The molecule has 0 spiro atoms. The second kappa shape index (κ2) is 7.79. The van der Waals surface area contributed by atoms with Crippen LogP contribution in [-0.2, 0) is 11.3 Å². The Morgan fingerprint density at radius 3 is 2.43 bits per heavy atom. The molecule has 1 unspecified atom stereocenters. The lowest BCUT2D eigenvalue weighted by Crippen LogP contribution is -2.42. The van der Waals surface area contributed by atoms with Crippen LogP contribution in [0, 0.1) is 0 Å². The fourth-order valence-corrected chi connectivity index (χ4v) is 2.76. The molecule has 3 rings (SSSR count). The van der Waals surface area contributed by atoms with Crippen molar-refractivity contribution in [2.24, 2.45) is 0 Å². The van der Waals surface area contributed by atoms with Gasteiger partial charge in [0.05, 0.1) is 12.6 Å². The van der Waals surface area contributed by atoms with E-state index in [1.807, 2.05) is 60.7 Å². The van der Waals surface area contributed by atoms with E-state index in [1.54, 1.807) is 4.90 Å². The van der Waals surface area contributed by atoms with Crippen LogP contribution < -0.4 is 10.2 Å². The van der Waals surface area contributed by atoms with Gasteiger partial charge in [0.1, 0.15) is 0 Å². The number of anilines is 1. The second-order valence-electron chi connectivity index (χ2n) is 5.73. The van der Waals surface area contributed by atoms with Crippen molar-refractivity contribution in [1.82, 2.24) is 5.32 Å². The predicted molar refractivity (Wildman–Crippen MR) is 91.4 cm³/mol. The number of rotatable bonds is 5.